The topological polar surface area (TPSA) is 72.9 Å². The minimum Gasteiger partial charge on any atom is -0.327 e. The minimum atomic E-state index is 0.112. The Balaban J connectivity index is 1.44. The Labute approximate surface area is 138 Å². The molecule has 0 aliphatic heterocycles. The van der Waals surface area contributed by atoms with Gasteiger partial charge in [0.15, 0.2) is 5.82 Å². The number of fused-ring (bicyclic) bond motifs is 2. The predicted molar refractivity (Wildman–Crippen MR) is 90.0 cm³/mol. The Morgan fingerprint density at radius 2 is 2.00 bits per heavy atom. The van der Waals surface area contributed by atoms with Crippen LogP contribution < -0.4 is 11.1 Å². The molecule has 0 spiro atoms. The molecule has 2 atom stereocenters. The van der Waals surface area contributed by atoms with Gasteiger partial charge in [0.1, 0.15) is 0 Å². The van der Waals surface area contributed by atoms with E-state index in [2.05, 4.69) is 23.4 Å². The number of rotatable bonds is 4. The molecule has 3 fully saturated rings. The largest absolute Gasteiger partial charge is 0.327 e. The van der Waals surface area contributed by atoms with Crippen LogP contribution in [0.15, 0.2) is 6.07 Å². The summed E-state index contributed by atoms with van der Waals surface area (Å²) in [5.74, 6) is 2.72. The van der Waals surface area contributed by atoms with E-state index < -0.39 is 0 Å². The summed E-state index contributed by atoms with van der Waals surface area (Å²) < 4.78 is 2.04. The average Bonchev–Trinajstić information content (AvgIpc) is 3.28. The Bertz CT molecular complexity index is 578. The summed E-state index contributed by atoms with van der Waals surface area (Å²) in [5, 5.41) is 7.65. The highest BCUT2D eigenvalue weighted by Gasteiger charge is 2.40. The molecule has 1 amide bonds. The number of aryl methyl sites for hydroxylation is 1. The van der Waals surface area contributed by atoms with Crippen LogP contribution in [0.3, 0.4) is 0 Å². The number of aromatic nitrogens is 2. The molecule has 1 aromatic rings. The van der Waals surface area contributed by atoms with Gasteiger partial charge >= 0.3 is 0 Å². The van der Waals surface area contributed by atoms with Gasteiger partial charge in [0.2, 0.25) is 5.91 Å². The molecular formula is C18H28N4O. The molecule has 5 heteroatoms. The van der Waals surface area contributed by atoms with Crippen molar-refractivity contribution in [2.45, 2.75) is 70.4 Å². The van der Waals surface area contributed by atoms with E-state index in [4.69, 9.17) is 5.73 Å². The molecule has 5 nitrogen and oxygen atoms in total. The first-order valence-electron chi connectivity index (χ1n) is 9.30. The molecule has 2 unspecified atom stereocenters. The second kappa shape index (κ2) is 5.93. The van der Waals surface area contributed by atoms with Crippen molar-refractivity contribution in [3.8, 4) is 0 Å². The molecule has 3 saturated carbocycles. The number of hydrogen-bond donors (Lipinski definition) is 2. The van der Waals surface area contributed by atoms with E-state index in [1.165, 1.54) is 37.8 Å². The molecule has 1 aromatic heterocycles. The third kappa shape index (κ3) is 2.91. The van der Waals surface area contributed by atoms with E-state index >= 15 is 0 Å². The zero-order valence-corrected chi connectivity index (χ0v) is 14.0. The lowest BCUT2D eigenvalue weighted by molar-refractivity contribution is -0.122. The summed E-state index contributed by atoms with van der Waals surface area (Å²) in [4.78, 5) is 12.7. The Hall–Kier alpha value is -1.36. The van der Waals surface area contributed by atoms with Crippen LogP contribution >= 0.6 is 0 Å². The molecule has 3 aliphatic carbocycles. The van der Waals surface area contributed by atoms with Gasteiger partial charge < -0.3 is 11.1 Å². The van der Waals surface area contributed by atoms with Crippen molar-refractivity contribution in [1.82, 2.24) is 9.78 Å². The molecule has 0 saturated heterocycles. The first kappa shape index (κ1) is 15.2. The van der Waals surface area contributed by atoms with Crippen LogP contribution in [0.4, 0.5) is 5.82 Å². The van der Waals surface area contributed by atoms with Crippen LogP contribution in [0.1, 0.15) is 63.5 Å². The van der Waals surface area contributed by atoms with Gasteiger partial charge in [-0.2, -0.15) is 5.10 Å². The van der Waals surface area contributed by atoms with Crippen molar-refractivity contribution in [1.29, 1.82) is 0 Å². The summed E-state index contributed by atoms with van der Waals surface area (Å²) in [6.45, 7) is 2.97. The summed E-state index contributed by atoms with van der Waals surface area (Å²) >= 11 is 0. The number of hydrogen-bond acceptors (Lipinski definition) is 3. The van der Waals surface area contributed by atoms with E-state index in [0.29, 0.717) is 23.8 Å². The van der Waals surface area contributed by atoms with E-state index in [-0.39, 0.29) is 11.8 Å². The fourth-order valence-electron chi connectivity index (χ4n) is 4.68. The molecule has 2 bridgehead atoms. The normalized spacial score (nSPS) is 33.5. The molecule has 0 aromatic carbocycles. The number of nitrogens with zero attached hydrogens (tertiary/aromatic N) is 2. The van der Waals surface area contributed by atoms with Crippen molar-refractivity contribution < 1.29 is 4.79 Å². The van der Waals surface area contributed by atoms with Gasteiger partial charge in [-0.15, -0.1) is 0 Å². The van der Waals surface area contributed by atoms with Gasteiger partial charge in [0, 0.05) is 36.2 Å². The first-order chi connectivity index (χ1) is 11.2. The number of carbonyl (C=O) groups is 1. The van der Waals surface area contributed by atoms with Crippen LogP contribution in [-0.4, -0.2) is 21.7 Å². The van der Waals surface area contributed by atoms with E-state index in [9.17, 15) is 4.79 Å². The van der Waals surface area contributed by atoms with Gasteiger partial charge in [-0.1, -0.05) is 6.42 Å². The third-order valence-electron chi connectivity index (χ3n) is 6.14. The van der Waals surface area contributed by atoms with E-state index in [0.717, 1.165) is 25.2 Å². The fourth-order valence-corrected chi connectivity index (χ4v) is 4.68. The van der Waals surface area contributed by atoms with Crippen LogP contribution in [0.25, 0.3) is 0 Å². The SMILES string of the molecule is CCn1nc(NC(=O)C2CC3CCCC(C2)C3N)cc1C1CC1. The first-order valence-corrected chi connectivity index (χ1v) is 9.30. The number of anilines is 1. The molecule has 1 heterocycles. The Kier molecular flexibility index (Phi) is 3.92. The number of carbonyl (C=O) groups excluding carboxylic acids is 1. The van der Waals surface area contributed by atoms with Gasteiger partial charge in [-0.25, -0.2) is 0 Å². The number of nitrogens with one attached hydrogen (secondary N) is 1. The summed E-state index contributed by atoms with van der Waals surface area (Å²) in [6.07, 6.45) is 8.07. The lowest BCUT2D eigenvalue weighted by atomic mass is 9.65. The zero-order chi connectivity index (χ0) is 16.0. The van der Waals surface area contributed by atoms with Gasteiger partial charge in [-0.05, 0) is 57.3 Å². The summed E-state index contributed by atoms with van der Waals surface area (Å²) in [7, 11) is 0. The molecule has 3 N–H and O–H groups in total. The standard InChI is InChI=1S/C18H28N4O/c1-2-22-15(11-6-7-11)10-16(21-22)20-18(23)14-8-12-4-3-5-13(9-14)17(12)19/h10-14,17H,2-9,19H2,1H3,(H,20,21,23). The molecule has 4 rings (SSSR count). The average molecular weight is 316 g/mol. The maximum Gasteiger partial charge on any atom is 0.228 e. The maximum absolute atomic E-state index is 12.7. The molecule has 23 heavy (non-hydrogen) atoms. The van der Waals surface area contributed by atoms with Crippen molar-refractivity contribution in [2.75, 3.05) is 5.32 Å². The third-order valence-corrected chi connectivity index (χ3v) is 6.14. The molecule has 3 aliphatic rings. The van der Waals surface area contributed by atoms with E-state index in [1.54, 1.807) is 0 Å². The Morgan fingerprint density at radius 3 is 2.61 bits per heavy atom. The summed E-state index contributed by atoms with van der Waals surface area (Å²) in [5.41, 5.74) is 7.62. The maximum atomic E-state index is 12.7. The highest BCUT2D eigenvalue weighted by Crippen LogP contribution is 2.43. The minimum absolute atomic E-state index is 0.112. The van der Waals surface area contributed by atoms with Gasteiger partial charge in [-0.3, -0.25) is 9.48 Å². The highest BCUT2D eigenvalue weighted by molar-refractivity contribution is 5.91. The molecular weight excluding hydrogens is 288 g/mol. The number of amides is 1. The van der Waals surface area contributed by atoms with E-state index in [1.807, 2.05) is 4.68 Å². The van der Waals surface area contributed by atoms with Gasteiger partial charge in [0.25, 0.3) is 0 Å². The second-order valence-corrected chi connectivity index (χ2v) is 7.73. The quantitative estimate of drug-likeness (QED) is 0.897. The fraction of sp³-hybridized carbons (Fsp3) is 0.778. The predicted octanol–water partition coefficient (Wildman–Crippen LogP) is 2.87. The van der Waals surface area contributed by atoms with Crippen LogP contribution in [0.2, 0.25) is 0 Å². The highest BCUT2D eigenvalue weighted by atomic mass is 16.2. The summed E-state index contributed by atoms with van der Waals surface area (Å²) in [6, 6.07) is 2.39. The number of nitrogens with two attached hydrogens (primary N) is 1. The monoisotopic (exact) mass is 316 g/mol. The van der Waals surface area contributed by atoms with Crippen molar-refractivity contribution >= 4 is 11.7 Å². The molecule has 0 radical (unpaired) electrons. The zero-order valence-electron chi connectivity index (χ0n) is 14.0. The molecule has 126 valence electrons. The lowest BCUT2D eigenvalue weighted by Gasteiger charge is -2.43. The Morgan fingerprint density at radius 1 is 1.30 bits per heavy atom. The van der Waals surface area contributed by atoms with Gasteiger partial charge in [0.05, 0.1) is 0 Å². The van der Waals surface area contributed by atoms with Crippen LogP contribution in [0.5, 0.6) is 0 Å². The van der Waals surface area contributed by atoms with Crippen LogP contribution in [-0.2, 0) is 11.3 Å². The van der Waals surface area contributed by atoms with Crippen LogP contribution in [0, 0.1) is 17.8 Å². The van der Waals surface area contributed by atoms with Crippen molar-refractivity contribution in [2.24, 2.45) is 23.5 Å². The lowest BCUT2D eigenvalue weighted by Crippen LogP contribution is -2.48. The van der Waals surface area contributed by atoms with Crippen molar-refractivity contribution in [3.63, 3.8) is 0 Å². The second-order valence-electron chi connectivity index (χ2n) is 7.73. The van der Waals surface area contributed by atoms with Crippen molar-refractivity contribution in [3.05, 3.63) is 11.8 Å². The smallest absolute Gasteiger partial charge is 0.228 e.